The highest BCUT2D eigenvalue weighted by atomic mass is 16.5. The lowest BCUT2D eigenvalue weighted by molar-refractivity contribution is 0.0340. The summed E-state index contributed by atoms with van der Waals surface area (Å²) in [7, 11) is 0. The lowest BCUT2D eigenvalue weighted by Gasteiger charge is -2.38. The lowest BCUT2D eigenvalue weighted by Crippen LogP contribution is -2.48. The molecule has 0 amide bonds. The molecule has 1 saturated heterocycles. The van der Waals surface area contributed by atoms with Crippen LogP contribution in [0.1, 0.15) is 33.3 Å². The van der Waals surface area contributed by atoms with E-state index in [1.54, 1.807) is 6.33 Å². The van der Waals surface area contributed by atoms with Crippen LogP contribution < -0.4 is 10.2 Å². The van der Waals surface area contributed by atoms with E-state index < -0.39 is 0 Å². The minimum atomic E-state index is 0.249. The maximum Gasteiger partial charge on any atom is 0.137 e. The van der Waals surface area contributed by atoms with E-state index in [4.69, 9.17) is 4.74 Å². The smallest absolute Gasteiger partial charge is 0.137 e. The SMILES string of the molecule is CCNc1ncnc(N2CC(C)OCC2C)c1CC. The van der Waals surface area contributed by atoms with Crippen molar-refractivity contribution < 1.29 is 4.74 Å². The van der Waals surface area contributed by atoms with Crippen molar-refractivity contribution in [2.75, 3.05) is 29.9 Å². The second-order valence-electron chi connectivity index (χ2n) is 5.05. The van der Waals surface area contributed by atoms with Gasteiger partial charge in [0.05, 0.1) is 18.8 Å². The summed E-state index contributed by atoms with van der Waals surface area (Å²) in [6.45, 7) is 11.0. The molecule has 1 aromatic rings. The van der Waals surface area contributed by atoms with Gasteiger partial charge in [-0.3, -0.25) is 0 Å². The van der Waals surface area contributed by atoms with Crippen LogP contribution in [0.3, 0.4) is 0 Å². The van der Waals surface area contributed by atoms with Crippen LogP contribution in [0.15, 0.2) is 6.33 Å². The molecule has 0 spiro atoms. The molecule has 1 aromatic heterocycles. The number of hydrogen-bond donors (Lipinski definition) is 1. The Morgan fingerprint density at radius 1 is 1.37 bits per heavy atom. The molecule has 2 heterocycles. The molecule has 1 aliphatic rings. The molecule has 1 N–H and O–H groups in total. The van der Waals surface area contributed by atoms with Gasteiger partial charge in [-0.2, -0.15) is 0 Å². The van der Waals surface area contributed by atoms with Gasteiger partial charge in [-0.05, 0) is 27.2 Å². The molecular formula is C14H24N4O. The fourth-order valence-corrected chi connectivity index (χ4v) is 2.49. The molecule has 0 saturated carbocycles. The molecule has 0 radical (unpaired) electrons. The van der Waals surface area contributed by atoms with E-state index in [0.717, 1.165) is 37.8 Å². The van der Waals surface area contributed by atoms with Gasteiger partial charge >= 0.3 is 0 Å². The molecule has 2 unspecified atom stereocenters. The summed E-state index contributed by atoms with van der Waals surface area (Å²) in [6.07, 6.45) is 2.83. The summed E-state index contributed by atoms with van der Waals surface area (Å²) in [4.78, 5) is 11.2. The van der Waals surface area contributed by atoms with Gasteiger partial charge < -0.3 is 15.0 Å². The molecule has 5 nitrogen and oxygen atoms in total. The first kappa shape index (κ1) is 14.1. The Labute approximate surface area is 115 Å². The summed E-state index contributed by atoms with van der Waals surface area (Å²) in [5.74, 6) is 2.01. The lowest BCUT2D eigenvalue weighted by atomic mass is 10.1. The Morgan fingerprint density at radius 3 is 2.84 bits per heavy atom. The molecule has 0 aromatic carbocycles. The third kappa shape index (κ3) is 2.97. The predicted octanol–water partition coefficient (Wildman–Crippen LogP) is 2.08. The molecule has 2 rings (SSSR count). The molecule has 106 valence electrons. The highest BCUT2D eigenvalue weighted by molar-refractivity contribution is 5.59. The maximum absolute atomic E-state index is 5.69. The van der Waals surface area contributed by atoms with E-state index in [2.05, 4.69) is 47.9 Å². The number of nitrogens with zero attached hydrogens (tertiary/aromatic N) is 3. The van der Waals surface area contributed by atoms with Crippen LogP contribution in [-0.4, -0.2) is 41.8 Å². The first-order valence-electron chi connectivity index (χ1n) is 7.13. The zero-order valence-corrected chi connectivity index (χ0v) is 12.3. The highest BCUT2D eigenvalue weighted by Gasteiger charge is 2.27. The van der Waals surface area contributed by atoms with Crippen molar-refractivity contribution in [2.24, 2.45) is 0 Å². The third-order valence-electron chi connectivity index (χ3n) is 3.50. The van der Waals surface area contributed by atoms with Gasteiger partial charge in [-0.1, -0.05) is 6.92 Å². The van der Waals surface area contributed by atoms with Crippen LogP contribution in [0.2, 0.25) is 0 Å². The van der Waals surface area contributed by atoms with Gasteiger partial charge in [0.25, 0.3) is 0 Å². The standard InChI is InChI=1S/C14H24N4O/c1-5-12-13(15-6-2)16-9-17-14(12)18-7-11(4)19-8-10(18)3/h9-11H,5-8H2,1-4H3,(H,15,16,17). The van der Waals surface area contributed by atoms with Gasteiger partial charge in [0, 0.05) is 18.7 Å². The Morgan fingerprint density at radius 2 is 2.16 bits per heavy atom. The first-order chi connectivity index (χ1) is 9.17. The molecule has 0 aliphatic carbocycles. The quantitative estimate of drug-likeness (QED) is 0.902. The van der Waals surface area contributed by atoms with Gasteiger partial charge in [0.1, 0.15) is 18.0 Å². The summed E-state index contributed by atoms with van der Waals surface area (Å²) in [5, 5.41) is 3.32. The summed E-state index contributed by atoms with van der Waals surface area (Å²) in [6, 6.07) is 0.353. The number of aromatic nitrogens is 2. The largest absolute Gasteiger partial charge is 0.375 e. The zero-order chi connectivity index (χ0) is 13.8. The van der Waals surface area contributed by atoms with E-state index in [0.29, 0.717) is 6.04 Å². The van der Waals surface area contributed by atoms with Crippen molar-refractivity contribution in [3.8, 4) is 0 Å². The third-order valence-corrected chi connectivity index (χ3v) is 3.50. The fourth-order valence-electron chi connectivity index (χ4n) is 2.49. The van der Waals surface area contributed by atoms with Crippen molar-refractivity contribution in [3.05, 3.63) is 11.9 Å². The zero-order valence-electron chi connectivity index (χ0n) is 12.3. The Bertz CT molecular complexity index is 424. The van der Waals surface area contributed by atoms with Crippen LogP contribution in [0.4, 0.5) is 11.6 Å². The average Bonchev–Trinajstić information content (AvgIpc) is 2.41. The minimum absolute atomic E-state index is 0.249. The fraction of sp³-hybridized carbons (Fsp3) is 0.714. The average molecular weight is 264 g/mol. The van der Waals surface area contributed by atoms with Crippen LogP contribution in [0, 0.1) is 0 Å². The van der Waals surface area contributed by atoms with Gasteiger partial charge in [0.15, 0.2) is 0 Å². The number of nitrogens with one attached hydrogen (secondary N) is 1. The van der Waals surface area contributed by atoms with Crippen molar-refractivity contribution in [3.63, 3.8) is 0 Å². The second kappa shape index (κ2) is 6.19. The molecule has 19 heavy (non-hydrogen) atoms. The summed E-state index contributed by atoms with van der Waals surface area (Å²) >= 11 is 0. The first-order valence-corrected chi connectivity index (χ1v) is 7.13. The number of morpholine rings is 1. The van der Waals surface area contributed by atoms with Crippen LogP contribution >= 0.6 is 0 Å². The normalized spacial score (nSPS) is 23.5. The van der Waals surface area contributed by atoms with E-state index in [1.165, 1.54) is 5.56 Å². The van der Waals surface area contributed by atoms with E-state index in [1.807, 2.05) is 0 Å². The van der Waals surface area contributed by atoms with Crippen molar-refractivity contribution in [2.45, 2.75) is 46.3 Å². The van der Waals surface area contributed by atoms with E-state index in [9.17, 15) is 0 Å². The molecule has 2 atom stereocenters. The van der Waals surface area contributed by atoms with Gasteiger partial charge in [-0.25, -0.2) is 9.97 Å². The summed E-state index contributed by atoms with van der Waals surface area (Å²) in [5.41, 5.74) is 1.20. The Balaban J connectivity index is 2.34. The number of rotatable bonds is 4. The number of ether oxygens (including phenoxy) is 1. The molecule has 1 aliphatic heterocycles. The molecule has 1 fully saturated rings. The topological polar surface area (TPSA) is 50.3 Å². The van der Waals surface area contributed by atoms with Gasteiger partial charge in [0.2, 0.25) is 0 Å². The molecule has 5 heteroatoms. The van der Waals surface area contributed by atoms with Gasteiger partial charge in [-0.15, -0.1) is 0 Å². The van der Waals surface area contributed by atoms with Crippen molar-refractivity contribution >= 4 is 11.6 Å². The van der Waals surface area contributed by atoms with Crippen LogP contribution in [-0.2, 0) is 11.2 Å². The predicted molar refractivity (Wildman–Crippen MR) is 77.8 cm³/mol. The van der Waals surface area contributed by atoms with Crippen LogP contribution in [0.25, 0.3) is 0 Å². The monoisotopic (exact) mass is 264 g/mol. The minimum Gasteiger partial charge on any atom is -0.375 e. The Hall–Kier alpha value is -1.36. The second-order valence-corrected chi connectivity index (χ2v) is 5.05. The van der Waals surface area contributed by atoms with E-state index in [-0.39, 0.29) is 6.10 Å². The molecular weight excluding hydrogens is 240 g/mol. The van der Waals surface area contributed by atoms with Crippen molar-refractivity contribution in [1.82, 2.24) is 9.97 Å². The number of hydrogen-bond acceptors (Lipinski definition) is 5. The summed E-state index contributed by atoms with van der Waals surface area (Å²) < 4.78 is 5.69. The van der Waals surface area contributed by atoms with E-state index >= 15 is 0 Å². The van der Waals surface area contributed by atoms with Crippen LogP contribution in [0.5, 0.6) is 0 Å². The molecule has 0 bridgehead atoms. The maximum atomic E-state index is 5.69. The van der Waals surface area contributed by atoms with Crippen molar-refractivity contribution in [1.29, 1.82) is 0 Å². The number of anilines is 2. The Kier molecular flexibility index (Phi) is 4.58. The highest BCUT2D eigenvalue weighted by Crippen LogP contribution is 2.27.